The first kappa shape index (κ1) is 16.2. The van der Waals surface area contributed by atoms with E-state index in [1.54, 1.807) is 0 Å². The summed E-state index contributed by atoms with van der Waals surface area (Å²) in [5.74, 6) is 1.95. The molecule has 1 aliphatic rings. The number of nitrogens with one attached hydrogen (secondary N) is 1. The van der Waals surface area contributed by atoms with Crippen LogP contribution >= 0.6 is 0 Å². The Hall–Kier alpha value is -1.16. The zero-order valence-electron chi connectivity index (χ0n) is 14.0. The molecular weight excluding hydrogens is 260 g/mol. The van der Waals surface area contributed by atoms with Crippen LogP contribution in [0.2, 0.25) is 0 Å². The lowest BCUT2D eigenvalue weighted by atomic mass is 9.92. The Morgan fingerprint density at radius 1 is 1.24 bits per heavy atom. The summed E-state index contributed by atoms with van der Waals surface area (Å²) in [7, 11) is 0. The first-order valence-corrected chi connectivity index (χ1v) is 8.29. The first-order valence-electron chi connectivity index (χ1n) is 8.29. The van der Waals surface area contributed by atoms with Gasteiger partial charge in [0, 0.05) is 31.4 Å². The third-order valence-corrected chi connectivity index (χ3v) is 4.11. The largest absolute Gasteiger partial charge is 0.355 e. The molecule has 1 saturated heterocycles. The Labute approximate surface area is 129 Å². The van der Waals surface area contributed by atoms with E-state index in [2.05, 4.69) is 42.9 Å². The van der Waals surface area contributed by atoms with Crippen LogP contribution in [0.25, 0.3) is 0 Å². The minimum absolute atomic E-state index is 0.107. The number of hydrogen-bond donors (Lipinski definition) is 1. The van der Waals surface area contributed by atoms with Crippen LogP contribution in [0.1, 0.15) is 59.1 Å². The maximum atomic E-state index is 4.77. The van der Waals surface area contributed by atoms with E-state index in [0.29, 0.717) is 0 Å². The van der Waals surface area contributed by atoms with Crippen LogP contribution in [0.3, 0.4) is 0 Å². The van der Waals surface area contributed by atoms with Crippen molar-refractivity contribution < 1.29 is 0 Å². The number of piperidine rings is 1. The van der Waals surface area contributed by atoms with Gasteiger partial charge >= 0.3 is 0 Å². The summed E-state index contributed by atoms with van der Waals surface area (Å²) >= 11 is 0. The molecule has 2 rings (SSSR count). The predicted molar refractivity (Wildman–Crippen MR) is 88.5 cm³/mol. The molecule has 0 amide bonds. The second-order valence-corrected chi connectivity index (χ2v) is 7.19. The van der Waals surface area contributed by atoms with E-state index in [9.17, 15) is 0 Å². The lowest BCUT2D eigenvalue weighted by Crippen LogP contribution is -2.36. The van der Waals surface area contributed by atoms with Gasteiger partial charge in [-0.1, -0.05) is 19.8 Å². The van der Waals surface area contributed by atoms with Gasteiger partial charge in [0.2, 0.25) is 0 Å². The number of aromatic nitrogens is 2. The molecule has 0 unspecified atom stereocenters. The van der Waals surface area contributed by atoms with Gasteiger partial charge in [0.15, 0.2) is 0 Å². The minimum atomic E-state index is 0.107. The van der Waals surface area contributed by atoms with Crippen LogP contribution in [-0.2, 0) is 6.54 Å². The topological polar surface area (TPSA) is 41.1 Å². The fourth-order valence-corrected chi connectivity index (χ4v) is 2.85. The molecule has 1 N–H and O–H groups in total. The van der Waals surface area contributed by atoms with Crippen molar-refractivity contribution in [3.63, 3.8) is 0 Å². The molecule has 0 atom stereocenters. The molecule has 0 aromatic carbocycles. The van der Waals surface area contributed by atoms with Gasteiger partial charge in [-0.15, -0.1) is 0 Å². The molecule has 0 aliphatic carbocycles. The fraction of sp³-hybridized carbons (Fsp3) is 0.765. The van der Waals surface area contributed by atoms with Gasteiger partial charge in [0.25, 0.3) is 0 Å². The standard InChI is InChI=1S/C17H30N4/c1-5-6-14-7-9-21(10-8-14)16-13-18-11-15(20-16)12-19-17(2,3)4/h11,13-14,19H,5-10,12H2,1-4H3. The smallest absolute Gasteiger partial charge is 0.147 e. The molecule has 118 valence electrons. The van der Waals surface area contributed by atoms with E-state index in [-0.39, 0.29) is 5.54 Å². The highest BCUT2D eigenvalue weighted by Crippen LogP contribution is 2.24. The number of rotatable bonds is 5. The molecule has 21 heavy (non-hydrogen) atoms. The van der Waals surface area contributed by atoms with E-state index >= 15 is 0 Å². The lowest BCUT2D eigenvalue weighted by molar-refractivity contribution is 0.376. The Kier molecular flexibility index (Phi) is 5.57. The quantitative estimate of drug-likeness (QED) is 0.902. The first-order chi connectivity index (χ1) is 9.98. The Balaban J connectivity index is 1.92. The second-order valence-electron chi connectivity index (χ2n) is 7.19. The summed E-state index contributed by atoms with van der Waals surface area (Å²) in [5.41, 5.74) is 1.13. The number of nitrogens with zero attached hydrogens (tertiary/aromatic N) is 3. The van der Waals surface area contributed by atoms with Crippen LogP contribution in [0.5, 0.6) is 0 Å². The van der Waals surface area contributed by atoms with E-state index in [1.165, 1.54) is 25.7 Å². The van der Waals surface area contributed by atoms with Crippen LogP contribution in [0, 0.1) is 5.92 Å². The summed E-state index contributed by atoms with van der Waals surface area (Å²) in [6, 6.07) is 0. The maximum absolute atomic E-state index is 4.77. The van der Waals surface area contributed by atoms with Crippen molar-refractivity contribution >= 4 is 5.82 Å². The van der Waals surface area contributed by atoms with E-state index in [0.717, 1.165) is 37.1 Å². The Morgan fingerprint density at radius 3 is 2.57 bits per heavy atom. The molecule has 1 aromatic rings. The van der Waals surface area contributed by atoms with Crippen LogP contribution in [-0.4, -0.2) is 28.6 Å². The molecule has 1 aliphatic heterocycles. The molecule has 0 radical (unpaired) electrons. The Bertz CT molecular complexity index is 431. The summed E-state index contributed by atoms with van der Waals surface area (Å²) in [5, 5.41) is 3.47. The highest BCUT2D eigenvalue weighted by Gasteiger charge is 2.20. The van der Waals surface area contributed by atoms with Crippen molar-refractivity contribution in [3.8, 4) is 0 Å². The average molecular weight is 290 g/mol. The summed E-state index contributed by atoms with van der Waals surface area (Å²) in [4.78, 5) is 11.5. The monoisotopic (exact) mass is 290 g/mol. The van der Waals surface area contributed by atoms with Crippen molar-refractivity contribution in [2.24, 2.45) is 5.92 Å². The molecule has 0 saturated carbocycles. The van der Waals surface area contributed by atoms with Crippen molar-refractivity contribution in [3.05, 3.63) is 18.1 Å². The third kappa shape index (κ3) is 5.27. The molecule has 4 heteroatoms. The zero-order chi connectivity index (χ0) is 15.3. The summed E-state index contributed by atoms with van der Waals surface area (Å²) in [6.45, 7) is 11.8. The SMILES string of the molecule is CCCC1CCN(c2cncc(CNC(C)(C)C)n2)CC1. The second kappa shape index (κ2) is 7.21. The average Bonchev–Trinajstić information content (AvgIpc) is 2.46. The van der Waals surface area contributed by atoms with Gasteiger partial charge in [0.1, 0.15) is 5.82 Å². The number of hydrogen-bond acceptors (Lipinski definition) is 4. The van der Waals surface area contributed by atoms with Gasteiger partial charge in [-0.2, -0.15) is 0 Å². The predicted octanol–water partition coefficient (Wildman–Crippen LogP) is 3.38. The minimum Gasteiger partial charge on any atom is -0.355 e. The van der Waals surface area contributed by atoms with Crippen LogP contribution in [0.4, 0.5) is 5.82 Å². The van der Waals surface area contributed by atoms with Crippen LogP contribution in [0.15, 0.2) is 12.4 Å². The molecule has 2 heterocycles. The molecular formula is C17H30N4. The molecule has 0 spiro atoms. The van der Waals surface area contributed by atoms with Crippen molar-refractivity contribution in [1.82, 2.24) is 15.3 Å². The van der Waals surface area contributed by atoms with Crippen molar-refractivity contribution in [2.45, 2.75) is 65.5 Å². The van der Waals surface area contributed by atoms with E-state index < -0.39 is 0 Å². The van der Waals surface area contributed by atoms with Crippen LogP contribution < -0.4 is 10.2 Å². The highest BCUT2D eigenvalue weighted by molar-refractivity contribution is 5.36. The number of anilines is 1. The molecule has 0 bridgehead atoms. The summed E-state index contributed by atoms with van der Waals surface area (Å²) < 4.78 is 0. The van der Waals surface area contributed by atoms with Gasteiger partial charge in [0.05, 0.1) is 11.9 Å². The fourth-order valence-electron chi connectivity index (χ4n) is 2.85. The van der Waals surface area contributed by atoms with Crippen molar-refractivity contribution in [1.29, 1.82) is 0 Å². The van der Waals surface area contributed by atoms with Gasteiger partial charge in [-0.25, -0.2) is 4.98 Å². The molecule has 1 aromatic heterocycles. The highest BCUT2D eigenvalue weighted by atomic mass is 15.2. The van der Waals surface area contributed by atoms with E-state index in [1.807, 2.05) is 12.4 Å². The molecule has 1 fully saturated rings. The van der Waals surface area contributed by atoms with Gasteiger partial charge < -0.3 is 10.2 Å². The normalized spacial score (nSPS) is 17.2. The Morgan fingerprint density at radius 2 is 1.95 bits per heavy atom. The van der Waals surface area contributed by atoms with Gasteiger partial charge in [-0.3, -0.25) is 4.98 Å². The maximum Gasteiger partial charge on any atom is 0.147 e. The van der Waals surface area contributed by atoms with E-state index in [4.69, 9.17) is 4.98 Å². The zero-order valence-corrected chi connectivity index (χ0v) is 14.0. The third-order valence-electron chi connectivity index (χ3n) is 4.11. The molecule has 4 nitrogen and oxygen atoms in total. The summed E-state index contributed by atoms with van der Waals surface area (Å²) in [6.07, 6.45) is 9.03. The lowest BCUT2D eigenvalue weighted by Gasteiger charge is -2.32. The van der Waals surface area contributed by atoms with Gasteiger partial charge in [-0.05, 0) is 39.5 Å². The van der Waals surface area contributed by atoms with Crippen molar-refractivity contribution in [2.75, 3.05) is 18.0 Å².